The minimum Gasteiger partial charge on any atom is -0.454 e. The summed E-state index contributed by atoms with van der Waals surface area (Å²) >= 11 is 1.03. The van der Waals surface area contributed by atoms with Gasteiger partial charge in [0, 0.05) is 0 Å². The third-order valence-electron chi connectivity index (χ3n) is 5.98. The van der Waals surface area contributed by atoms with Crippen LogP contribution < -0.4 is 5.32 Å². The van der Waals surface area contributed by atoms with Gasteiger partial charge in [-0.05, 0) is 62.1 Å². The first-order chi connectivity index (χ1) is 15.2. The second-order valence-corrected chi connectivity index (χ2v) is 10.8. The zero-order valence-electron chi connectivity index (χ0n) is 17.8. The van der Waals surface area contributed by atoms with Crippen molar-refractivity contribution >= 4 is 50.2 Å². The highest BCUT2D eigenvalue weighted by atomic mass is 32.2. The first kappa shape index (κ1) is 22.3. The van der Waals surface area contributed by atoms with Gasteiger partial charge in [-0.2, -0.15) is 8.75 Å². The number of amides is 1. The number of hydrogen-bond donors (Lipinski definition) is 1. The van der Waals surface area contributed by atoms with E-state index in [2.05, 4.69) is 14.1 Å². The van der Waals surface area contributed by atoms with E-state index >= 15 is 0 Å². The van der Waals surface area contributed by atoms with Gasteiger partial charge in [0.25, 0.3) is 5.91 Å². The van der Waals surface area contributed by atoms with Gasteiger partial charge in [0.2, 0.25) is 0 Å². The number of aryl methyl sites for hydroxylation is 2. The molecule has 1 aromatic heterocycles. The van der Waals surface area contributed by atoms with Crippen LogP contribution in [0.4, 0.5) is 5.69 Å². The van der Waals surface area contributed by atoms with E-state index in [9.17, 15) is 18.0 Å². The summed E-state index contributed by atoms with van der Waals surface area (Å²) in [7, 11) is -3.99. The Morgan fingerprint density at radius 1 is 1.09 bits per heavy atom. The van der Waals surface area contributed by atoms with Gasteiger partial charge in [0.1, 0.15) is 11.0 Å². The van der Waals surface area contributed by atoms with E-state index in [0.29, 0.717) is 29.6 Å². The van der Waals surface area contributed by atoms with Crippen LogP contribution in [0.5, 0.6) is 0 Å². The highest BCUT2D eigenvalue weighted by Crippen LogP contribution is 2.42. The van der Waals surface area contributed by atoms with E-state index < -0.39 is 33.1 Å². The molecule has 1 amide bonds. The number of sulfone groups is 1. The minimum atomic E-state index is -3.99. The van der Waals surface area contributed by atoms with Crippen LogP contribution in [0.15, 0.2) is 41.3 Å². The number of esters is 1. The summed E-state index contributed by atoms with van der Waals surface area (Å²) in [6.45, 7) is 3.14. The minimum absolute atomic E-state index is 0.103. The predicted molar refractivity (Wildman–Crippen MR) is 121 cm³/mol. The first-order valence-electron chi connectivity index (χ1n) is 10.2. The highest BCUT2D eigenvalue weighted by Gasteiger charge is 2.54. The van der Waals surface area contributed by atoms with Crippen molar-refractivity contribution in [2.24, 2.45) is 0 Å². The topological polar surface area (TPSA) is 115 Å². The van der Waals surface area contributed by atoms with E-state index in [1.807, 2.05) is 13.8 Å². The fourth-order valence-electron chi connectivity index (χ4n) is 3.99. The van der Waals surface area contributed by atoms with Gasteiger partial charge >= 0.3 is 5.97 Å². The SMILES string of the molecule is Cc1ccc(S(=O)(=O)C2(C(=O)OCC(=O)Nc3cccc4nsnc34)CCCC2)cc1C. The molecule has 1 aliphatic rings. The maximum absolute atomic E-state index is 13.5. The quantitative estimate of drug-likeness (QED) is 0.544. The summed E-state index contributed by atoms with van der Waals surface area (Å²) < 4.78 is 38.8. The molecule has 3 aromatic rings. The van der Waals surface area contributed by atoms with Crippen LogP contribution in [0.25, 0.3) is 11.0 Å². The lowest BCUT2D eigenvalue weighted by Gasteiger charge is -2.26. The van der Waals surface area contributed by atoms with Crippen molar-refractivity contribution < 1.29 is 22.7 Å². The molecule has 10 heteroatoms. The molecule has 0 atom stereocenters. The molecule has 1 saturated carbocycles. The molecule has 1 aliphatic carbocycles. The summed E-state index contributed by atoms with van der Waals surface area (Å²) in [6, 6.07) is 10.0. The van der Waals surface area contributed by atoms with E-state index in [4.69, 9.17) is 4.74 Å². The number of hydrogen-bond acceptors (Lipinski definition) is 8. The fraction of sp³-hybridized carbons (Fsp3) is 0.364. The summed E-state index contributed by atoms with van der Waals surface area (Å²) in [5.74, 6) is -1.45. The molecule has 32 heavy (non-hydrogen) atoms. The molecule has 1 fully saturated rings. The van der Waals surface area contributed by atoms with Gasteiger partial charge in [0.15, 0.2) is 21.2 Å². The van der Waals surface area contributed by atoms with Crippen molar-refractivity contribution in [2.75, 3.05) is 11.9 Å². The Bertz CT molecular complexity index is 1290. The fourth-order valence-corrected chi connectivity index (χ4v) is 6.68. The van der Waals surface area contributed by atoms with Crippen LogP contribution in [-0.4, -0.2) is 40.4 Å². The van der Waals surface area contributed by atoms with Crippen LogP contribution in [0.1, 0.15) is 36.8 Å². The monoisotopic (exact) mass is 473 g/mol. The first-order valence-corrected chi connectivity index (χ1v) is 12.5. The van der Waals surface area contributed by atoms with Crippen LogP contribution in [-0.2, 0) is 24.2 Å². The second-order valence-electron chi connectivity index (χ2n) is 8.01. The zero-order valence-corrected chi connectivity index (χ0v) is 19.4. The summed E-state index contributed by atoms with van der Waals surface area (Å²) in [6.07, 6.45) is 1.55. The number of carbonyl (C=O) groups is 2. The molecule has 1 N–H and O–H groups in total. The van der Waals surface area contributed by atoms with Gasteiger partial charge < -0.3 is 10.1 Å². The molecular formula is C22H23N3O5S2. The van der Waals surface area contributed by atoms with Gasteiger partial charge in [0.05, 0.1) is 22.3 Å². The molecule has 0 saturated heterocycles. The predicted octanol–water partition coefficient (Wildman–Crippen LogP) is 3.58. The molecule has 2 aromatic carbocycles. The molecular weight excluding hydrogens is 450 g/mol. The van der Waals surface area contributed by atoms with Crippen molar-refractivity contribution in [1.29, 1.82) is 0 Å². The maximum atomic E-state index is 13.5. The molecule has 168 valence electrons. The molecule has 0 aliphatic heterocycles. The second kappa shape index (κ2) is 8.59. The number of ether oxygens (including phenoxy) is 1. The van der Waals surface area contributed by atoms with Crippen molar-refractivity contribution in [3.63, 3.8) is 0 Å². The molecule has 8 nitrogen and oxygen atoms in total. The third-order valence-corrected chi connectivity index (χ3v) is 9.00. The van der Waals surface area contributed by atoms with Gasteiger partial charge in [-0.15, -0.1) is 0 Å². The molecule has 0 bridgehead atoms. The smallest absolute Gasteiger partial charge is 0.328 e. The molecule has 1 heterocycles. The number of rotatable bonds is 6. The molecule has 0 radical (unpaired) electrons. The number of fused-ring (bicyclic) bond motifs is 1. The van der Waals surface area contributed by atoms with Crippen molar-refractivity contribution in [3.05, 3.63) is 47.5 Å². The Labute approximate surface area is 190 Å². The summed E-state index contributed by atoms with van der Waals surface area (Å²) in [5.41, 5.74) is 3.44. The largest absolute Gasteiger partial charge is 0.454 e. The Hall–Kier alpha value is -2.85. The van der Waals surface area contributed by atoms with Gasteiger partial charge in [-0.3, -0.25) is 9.59 Å². The Morgan fingerprint density at radius 2 is 1.84 bits per heavy atom. The third kappa shape index (κ3) is 3.88. The van der Waals surface area contributed by atoms with Crippen LogP contribution >= 0.6 is 11.7 Å². The van der Waals surface area contributed by atoms with E-state index in [0.717, 1.165) is 22.9 Å². The van der Waals surface area contributed by atoms with Crippen LogP contribution in [0.2, 0.25) is 0 Å². The maximum Gasteiger partial charge on any atom is 0.328 e. The van der Waals surface area contributed by atoms with Crippen molar-refractivity contribution in [1.82, 2.24) is 8.75 Å². The lowest BCUT2D eigenvalue weighted by molar-refractivity contribution is -0.149. The number of nitrogens with zero attached hydrogens (tertiary/aromatic N) is 2. The van der Waals surface area contributed by atoms with Crippen molar-refractivity contribution in [3.8, 4) is 0 Å². The lowest BCUT2D eigenvalue weighted by Crippen LogP contribution is -2.46. The number of anilines is 1. The zero-order chi connectivity index (χ0) is 22.9. The molecule has 4 rings (SSSR count). The molecule has 0 unspecified atom stereocenters. The van der Waals surface area contributed by atoms with Crippen molar-refractivity contribution in [2.45, 2.75) is 49.2 Å². The Balaban J connectivity index is 1.51. The number of benzene rings is 2. The molecule has 0 spiro atoms. The lowest BCUT2D eigenvalue weighted by atomic mass is 10.1. The van der Waals surface area contributed by atoms with Crippen LogP contribution in [0.3, 0.4) is 0 Å². The van der Waals surface area contributed by atoms with Crippen LogP contribution in [0, 0.1) is 13.8 Å². The average molecular weight is 474 g/mol. The van der Waals surface area contributed by atoms with Gasteiger partial charge in [-0.1, -0.05) is 25.0 Å². The number of carbonyl (C=O) groups excluding carboxylic acids is 2. The van der Waals surface area contributed by atoms with E-state index in [-0.39, 0.29) is 17.7 Å². The summed E-state index contributed by atoms with van der Waals surface area (Å²) in [5, 5.41) is 2.65. The van der Waals surface area contributed by atoms with Gasteiger partial charge in [-0.25, -0.2) is 8.42 Å². The van der Waals surface area contributed by atoms with E-state index in [1.54, 1.807) is 30.3 Å². The normalized spacial score (nSPS) is 15.6. The van der Waals surface area contributed by atoms with E-state index in [1.165, 1.54) is 6.07 Å². The standard InChI is InChI=1S/C22H23N3O5S2/c1-14-8-9-16(12-15(14)2)32(28,29)22(10-3-4-11-22)21(27)30-13-19(26)23-17-6-5-7-18-20(17)25-31-24-18/h5-9,12H,3-4,10-11,13H2,1-2H3,(H,23,26). The Kier molecular flexibility index (Phi) is 6.00. The number of aromatic nitrogens is 2. The highest BCUT2D eigenvalue weighted by molar-refractivity contribution is 7.93. The number of nitrogens with one attached hydrogen (secondary N) is 1. The summed E-state index contributed by atoms with van der Waals surface area (Å²) in [4.78, 5) is 25.6. The Morgan fingerprint density at radius 3 is 2.56 bits per heavy atom. The average Bonchev–Trinajstić information content (AvgIpc) is 3.45.